The molecule has 17 heavy (non-hydrogen) atoms. The first-order valence-electron chi connectivity index (χ1n) is 6.59. The number of hydrogen-bond acceptors (Lipinski definition) is 2. The first kappa shape index (κ1) is 14.6. The molecule has 0 aliphatic carbocycles. The fourth-order valence-corrected chi connectivity index (χ4v) is 2.89. The number of rotatable bonds is 7. The van der Waals surface area contributed by atoms with E-state index in [0.717, 1.165) is 0 Å². The smallest absolute Gasteiger partial charge is 0.0412 e. The number of aryl methyl sites for hydroxylation is 1. The lowest BCUT2D eigenvalue weighted by atomic mass is 10.0. The van der Waals surface area contributed by atoms with Gasteiger partial charge in [0.15, 0.2) is 0 Å². The van der Waals surface area contributed by atoms with E-state index in [2.05, 4.69) is 45.0 Å². The summed E-state index contributed by atoms with van der Waals surface area (Å²) in [5, 5.41) is 0.495. The van der Waals surface area contributed by atoms with Crippen LogP contribution in [0, 0.1) is 6.92 Å². The van der Waals surface area contributed by atoms with Crippen molar-refractivity contribution in [1.29, 1.82) is 0 Å². The average Bonchev–Trinajstić information content (AvgIpc) is 2.34. The molecule has 2 atom stereocenters. The van der Waals surface area contributed by atoms with Crippen LogP contribution in [-0.4, -0.2) is 11.0 Å². The van der Waals surface area contributed by atoms with E-state index in [0.29, 0.717) is 5.25 Å². The minimum absolute atomic E-state index is 0.155. The standard InChI is InChI=1S/C15H25NS/c1-4-5-6-11-17-13(3)15(16)14-9-7-12(2)8-10-14/h7-10,13,15H,4-6,11,16H2,1-3H3. The van der Waals surface area contributed by atoms with Crippen molar-refractivity contribution in [2.45, 2.75) is 51.3 Å². The van der Waals surface area contributed by atoms with Crippen molar-refractivity contribution in [2.75, 3.05) is 5.75 Å². The molecule has 1 nitrogen and oxygen atoms in total. The third-order valence-electron chi connectivity index (χ3n) is 3.10. The summed E-state index contributed by atoms with van der Waals surface area (Å²) in [5.41, 5.74) is 8.83. The summed E-state index contributed by atoms with van der Waals surface area (Å²) in [6.45, 7) is 6.59. The van der Waals surface area contributed by atoms with Gasteiger partial charge in [0, 0.05) is 11.3 Å². The minimum Gasteiger partial charge on any atom is -0.323 e. The van der Waals surface area contributed by atoms with E-state index >= 15 is 0 Å². The summed E-state index contributed by atoms with van der Waals surface area (Å²) >= 11 is 2.00. The van der Waals surface area contributed by atoms with E-state index in [1.807, 2.05) is 11.8 Å². The Bertz CT molecular complexity index is 307. The van der Waals surface area contributed by atoms with Gasteiger partial charge in [-0.15, -0.1) is 0 Å². The molecule has 2 N–H and O–H groups in total. The lowest BCUT2D eigenvalue weighted by molar-refractivity contribution is 0.710. The zero-order valence-electron chi connectivity index (χ0n) is 11.3. The van der Waals surface area contributed by atoms with Gasteiger partial charge in [0.25, 0.3) is 0 Å². The molecule has 1 aromatic rings. The molecule has 0 aromatic heterocycles. The Morgan fingerprint density at radius 2 is 1.82 bits per heavy atom. The molecule has 0 saturated heterocycles. The fourth-order valence-electron chi connectivity index (χ4n) is 1.78. The summed E-state index contributed by atoms with van der Waals surface area (Å²) in [6.07, 6.45) is 3.94. The Morgan fingerprint density at radius 1 is 1.18 bits per heavy atom. The topological polar surface area (TPSA) is 26.0 Å². The van der Waals surface area contributed by atoms with Crippen LogP contribution < -0.4 is 5.73 Å². The number of hydrogen-bond donors (Lipinski definition) is 1. The van der Waals surface area contributed by atoms with Gasteiger partial charge in [-0.3, -0.25) is 0 Å². The molecular formula is C15H25NS. The molecule has 0 amide bonds. The highest BCUT2D eigenvalue weighted by molar-refractivity contribution is 7.99. The predicted molar refractivity (Wildman–Crippen MR) is 79.6 cm³/mol. The zero-order valence-corrected chi connectivity index (χ0v) is 12.1. The zero-order chi connectivity index (χ0) is 12.7. The molecule has 0 heterocycles. The van der Waals surface area contributed by atoms with Crippen molar-refractivity contribution in [3.05, 3.63) is 35.4 Å². The second-order valence-electron chi connectivity index (χ2n) is 4.72. The maximum absolute atomic E-state index is 6.28. The highest BCUT2D eigenvalue weighted by Crippen LogP contribution is 2.25. The second-order valence-corrected chi connectivity index (χ2v) is 6.20. The van der Waals surface area contributed by atoms with Crippen molar-refractivity contribution >= 4 is 11.8 Å². The van der Waals surface area contributed by atoms with Crippen LogP contribution in [0.5, 0.6) is 0 Å². The monoisotopic (exact) mass is 251 g/mol. The average molecular weight is 251 g/mol. The summed E-state index contributed by atoms with van der Waals surface area (Å²) < 4.78 is 0. The van der Waals surface area contributed by atoms with Gasteiger partial charge in [-0.25, -0.2) is 0 Å². The van der Waals surface area contributed by atoms with Crippen molar-refractivity contribution in [3.8, 4) is 0 Å². The molecule has 2 unspecified atom stereocenters. The van der Waals surface area contributed by atoms with Crippen LogP contribution in [0.3, 0.4) is 0 Å². The van der Waals surface area contributed by atoms with Gasteiger partial charge in [-0.05, 0) is 24.7 Å². The van der Waals surface area contributed by atoms with Crippen molar-refractivity contribution in [3.63, 3.8) is 0 Å². The molecule has 0 radical (unpaired) electrons. The number of benzene rings is 1. The molecule has 0 aliphatic heterocycles. The van der Waals surface area contributed by atoms with Crippen LogP contribution in [-0.2, 0) is 0 Å². The van der Waals surface area contributed by atoms with Gasteiger partial charge >= 0.3 is 0 Å². The van der Waals surface area contributed by atoms with Crippen LogP contribution in [0.1, 0.15) is 50.3 Å². The molecule has 0 saturated carbocycles. The van der Waals surface area contributed by atoms with Crippen LogP contribution in [0.15, 0.2) is 24.3 Å². The Balaban J connectivity index is 2.40. The van der Waals surface area contributed by atoms with Gasteiger partial charge in [0.2, 0.25) is 0 Å². The maximum atomic E-state index is 6.28. The number of nitrogens with two attached hydrogens (primary N) is 1. The van der Waals surface area contributed by atoms with Gasteiger partial charge in [-0.2, -0.15) is 11.8 Å². The van der Waals surface area contributed by atoms with Crippen molar-refractivity contribution in [2.24, 2.45) is 5.73 Å². The maximum Gasteiger partial charge on any atom is 0.0412 e. The SMILES string of the molecule is CCCCCSC(C)C(N)c1ccc(C)cc1. The largest absolute Gasteiger partial charge is 0.323 e. The van der Waals surface area contributed by atoms with Gasteiger partial charge in [-0.1, -0.05) is 56.5 Å². The Labute approximate surface area is 110 Å². The minimum atomic E-state index is 0.155. The first-order valence-corrected chi connectivity index (χ1v) is 7.63. The highest BCUT2D eigenvalue weighted by atomic mass is 32.2. The molecule has 0 aliphatic rings. The molecule has 0 bridgehead atoms. The number of unbranched alkanes of at least 4 members (excludes halogenated alkanes) is 2. The lowest BCUT2D eigenvalue weighted by Crippen LogP contribution is -2.21. The summed E-state index contributed by atoms with van der Waals surface area (Å²) in [5.74, 6) is 1.23. The third-order valence-corrected chi connectivity index (χ3v) is 4.44. The van der Waals surface area contributed by atoms with E-state index in [1.165, 1.54) is 36.1 Å². The lowest BCUT2D eigenvalue weighted by Gasteiger charge is -2.20. The first-order chi connectivity index (χ1) is 8.15. The Kier molecular flexibility index (Phi) is 6.68. The van der Waals surface area contributed by atoms with Crippen LogP contribution in [0.2, 0.25) is 0 Å². The Hall–Kier alpha value is -0.470. The van der Waals surface area contributed by atoms with Crippen LogP contribution in [0.25, 0.3) is 0 Å². The van der Waals surface area contributed by atoms with E-state index in [9.17, 15) is 0 Å². The van der Waals surface area contributed by atoms with E-state index < -0.39 is 0 Å². The van der Waals surface area contributed by atoms with E-state index in [4.69, 9.17) is 5.73 Å². The molecule has 1 aromatic carbocycles. The molecule has 0 fully saturated rings. The van der Waals surface area contributed by atoms with Gasteiger partial charge in [0.05, 0.1) is 0 Å². The van der Waals surface area contributed by atoms with E-state index in [-0.39, 0.29) is 6.04 Å². The molecule has 0 spiro atoms. The predicted octanol–water partition coefficient (Wildman–Crippen LogP) is 4.31. The van der Waals surface area contributed by atoms with Gasteiger partial charge in [0.1, 0.15) is 0 Å². The summed E-state index contributed by atoms with van der Waals surface area (Å²) in [7, 11) is 0. The van der Waals surface area contributed by atoms with Crippen LogP contribution >= 0.6 is 11.8 Å². The summed E-state index contributed by atoms with van der Waals surface area (Å²) in [4.78, 5) is 0. The molecule has 2 heteroatoms. The van der Waals surface area contributed by atoms with Crippen molar-refractivity contribution in [1.82, 2.24) is 0 Å². The third kappa shape index (κ3) is 5.13. The molecular weight excluding hydrogens is 226 g/mol. The highest BCUT2D eigenvalue weighted by Gasteiger charge is 2.14. The fraction of sp³-hybridized carbons (Fsp3) is 0.600. The quantitative estimate of drug-likeness (QED) is 0.731. The van der Waals surface area contributed by atoms with E-state index in [1.54, 1.807) is 0 Å². The second kappa shape index (κ2) is 7.78. The summed E-state index contributed by atoms with van der Waals surface area (Å²) in [6, 6.07) is 8.75. The van der Waals surface area contributed by atoms with Gasteiger partial charge < -0.3 is 5.73 Å². The molecule has 96 valence electrons. The van der Waals surface area contributed by atoms with Crippen LogP contribution in [0.4, 0.5) is 0 Å². The molecule has 1 rings (SSSR count). The Morgan fingerprint density at radius 3 is 2.41 bits per heavy atom. The number of thioether (sulfide) groups is 1. The van der Waals surface area contributed by atoms with Crippen molar-refractivity contribution < 1.29 is 0 Å². The normalized spacial score (nSPS) is 14.6.